The molecule has 0 radical (unpaired) electrons. The molecule has 2 atom stereocenters. The lowest BCUT2D eigenvalue weighted by Crippen LogP contribution is -2.23. The molecule has 21 heavy (non-hydrogen) atoms. The Morgan fingerprint density at radius 1 is 1.33 bits per heavy atom. The predicted octanol–water partition coefficient (Wildman–Crippen LogP) is 4.87. The number of aryl methyl sites for hydroxylation is 1. The molecule has 0 spiro atoms. The highest BCUT2D eigenvalue weighted by Crippen LogP contribution is 2.38. The Balaban J connectivity index is 2.19. The van der Waals surface area contributed by atoms with Crippen LogP contribution in [-0.2, 0) is 6.42 Å². The first kappa shape index (κ1) is 16.5. The first-order valence-corrected chi connectivity index (χ1v) is 8.75. The molecule has 0 aliphatic carbocycles. The molecule has 1 N–H and O–H groups in total. The number of amides is 1. The zero-order chi connectivity index (χ0) is 15.6. The zero-order valence-corrected chi connectivity index (χ0v) is 15.1. The van der Waals surface area contributed by atoms with Gasteiger partial charge in [-0.05, 0) is 47.8 Å². The molecule has 0 saturated carbocycles. The van der Waals surface area contributed by atoms with Crippen molar-refractivity contribution < 1.29 is 4.79 Å². The number of carbonyl (C=O) groups is 1. The molecule has 0 bridgehead atoms. The maximum atomic E-state index is 12.1. The first-order valence-electron chi connectivity index (χ1n) is 7.84. The number of hydrogen-bond acceptors (Lipinski definition) is 1. The van der Waals surface area contributed by atoms with E-state index in [-0.39, 0.29) is 5.91 Å². The van der Waals surface area contributed by atoms with Crippen molar-refractivity contribution in [1.82, 2.24) is 5.32 Å². The molecule has 2 unspecified atom stereocenters. The van der Waals surface area contributed by atoms with Crippen LogP contribution in [0.4, 0.5) is 0 Å². The van der Waals surface area contributed by atoms with Gasteiger partial charge in [0.25, 0.3) is 5.91 Å². The van der Waals surface area contributed by atoms with E-state index < -0.39 is 0 Å². The van der Waals surface area contributed by atoms with Crippen molar-refractivity contribution in [3.05, 3.63) is 34.9 Å². The average molecular weight is 352 g/mol. The van der Waals surface area contributed by atoms with Gasteiger partial charge in [0.1, 0.15) is 0 Å². The molecule has 1 aliphatic heterocycles. The highest BCUT2D eigenvalue weighted by atomic mass is 79.9. The summed E-state index contributed by atoms with van der Waals surface area (Å²) in [5.41, 5.74) is 3.55. The van der Waals surface area contributed by atoms with Crippen LogP contribution in [0.25, 0.3) is 0 Å². The van der Waals surface area contributed by atoms with Gasteiger partial charge >= 0.3 is 0 Å². The van der Waals surface area contributed by atoms with Gasteiger partial charge in [-0.15, -0.1) is 0 Å². The smallest absolute Gasteiger partial charge is 0.251 e. The van der Waals surface area contributed by atoms with Crippen LogP contribution in [0.1, 0.15) is 66.8 Å². The minimum atomic E-state index is 0.0768. The maximum Gasteiger partial charge on any atom is 0.251 e. The number of alkyl halides is 1. The van der Waals surface area contributed by atoms with E-state index in [1.807, 2.05) is 0 Å². The second-order valence-corrected chi connectivity index (χ2v) is 8.35. The van der Waals surface area contributed by atoms with Gasteiger partial charge in [0.15, 0.2) is 0 Å². The van der Waals surface area contributed by atoms with E-state index in [1.54, 1.807) is 0 Å². The molecule has 0 aromatic heterocycles. The summed E-state index contributed by atoms with van der Waals surface area (Å²) in [7, 11) is 0. The summed E-state index contributed by atoms with van der Waals surface area (Å²) in [5.74, 6) is 0.683. The van der Waals surface area contributed by atoms with Gasteiger partial charge < -0.3 is 5.32 Å². The topological polar surface area (TPSA) is 29.1 Å². The molecular weight excluding hydrogens is 326 g/mol. The molecule has 1 aromatic rings. The Morgan fingerprint density at radius 2 is 2.05 bits per heavy atom. The fraction of sp³-hybridized carbons (Fsp3) is 0.611. The van der Waals surface area contributed by atoms with E-state index in [0.717, 1.165) is 31.4 Å². The quantitative estimate of drug-likeness (QED) is 0.773. The Hall–Kier alpha value is -0.830. The number of benzene rings is 1. The van der Waals surface area contributed by atoms with Crippen molar-refractivity contribution in [2.45, 2.75) is 51.8 Å². The third-order valence-corrected chi connectivity index (χ3v) is 5.59. The van der Waals surface area contributed by atoms with E-state index in [2.05, 4.69) is 67.1 Å². The molecule has 0 fully saturated rings. The third-order valence-electron chi connectivity index (χ3n) is 4.69. The van der Waals surface area contributed by atoms with Gasteiger partial charge in [-0.2, -0.15) is 0 Å². The van der Waals surface area contributed by atoms with Crippen LogP contribution in [0, 0.1) is 11.3 Å². The summed E-state index contributed by atoms with van der Waals surface area (Å²) < 4.78 is 0. The molecule has 1 aromatic carbocycles. The maximum absolute atomic E-state index is 12.1. The minimum Gasteiger partial charge on any atom is -0.352 e. The fourth-order valence-electron chi connectivity index (χ4n) is 2.59. The summed E-state index contributed by atoms with van der Waals surface area (Å²) in [4.78, 5) is 12.4. The lowest BCUT2D eigenvalue weighted by Gasteiger charge is -2.29. The number of carbonyl (C=O) groups excluding carboxylic acids is 1. The van der Waals surface area contributed by atoms with Crippen molar-refractivity contribution in [3.63, 3.8) is 0 Å². The van der Waals surface area contributed by atoms with E-state index in [4.69, 9.17) is 0 Å². The standard InChI is InChI=1S/C18H26BrNO/c1-12(18(2,3)4)10-16(19)14-8-7-13-6-5-9-20-17(21)15(13)11-14/h7-8,11-12,16H,5-6,9-10H2,1-4H3,(H,20,21). The Labute approximate surface area is 136 Å². The van der Waals surface area contributed by atoms with Crippen LogP contribution >= 0.6 is 15.9 Å². The SMILES string of the molecule is CC(CC(Br)c1ccc2c(c1)C(=O)NCCC2)C(C)(C)C. The minimum absolute atomic E-state index is 0.0768. The Bertz CT molecular complexity index is 518. The fourth-order valence-corrected chi connectivity index (χ4v) is 3.44. The van der Waals surface area contributed by atoms with Crippen molar-refractivity contribution in [3.8, 4) is 0 Å². The van der Waals surface area contributed by atoms with Crippen LogP contribution < -0.4 is 5.32 Å². The molecule has 2 nitrogen and oxygen atoms in total. The summed E-state index contributed by atoms with van der Waals surface area (Å²) in [6.07, 6.45) is 3.08. The largest absolute Gasteiger partial charge is 0.352 e. The molecule has 116 valence electrons. The van der Waals surface area contributed by atoms with Crippen molar-refractivity contribution in [2.24, 2.45) is 11.3 Å². The summed E-state index contributed by atoms with van der Waals surface area (Å²) >= 11 is 3.81. The highest BCUT2D eigenvalue weighted by Gasteiger charge is 2.24. The lowest BCUT2D eigenvalue weighted by molar-refractivity contribution is 0.0956. The van der Waals surface area contributed by atoms with Gasteiger partial charge in [0, 0.05) is 16.9 Å². The average Bonchev–Trinajstić information content (AvgIpc) is 2.59. The highest BCUT2D eigenvalue weighted by molar-refractivity contribution is 9.09. The predicted molar refractivity (Wildman–Crippen MR) is 92.0 cm³/mol. The number of hydrogen-bond donors (Lipinski definition) is 1. The number of halogens is 1. The van der Waals surface area contributed by atoms with Gasteiger partial charge in [-0.1, -0.05) is 55.8 Å². The molecular formula is C18H26BrNO. The zero-order valence-electron chi connectivity index (χ0n) is 13.5. The number of fused-ring (bicyclic) bond motifs is 1. The van der Waals surface area contributed by atoms with Crippen molar-refractivity contribution in [1.29, 1.82) is 0 Å². The summed E-state index contributed by atoms with van der Waals surface area (Å²) in [6.45, 7) is 9.91. The van der Waals surface area contributed by atoms with Crippen LogP contribution in [0.15, 0.2) is 18.2 Å². The van der Waals surface area contributed by atoms with Gasteiger partial charge in [0.05, 0.1) is 0 Å². The van der Waals surface area contributed by atoms with Crippen molar-refractivity contribution >= 4 is 21.8 Å². The van der Waals surface area contributed by atoms with E-state index in [0.29, 0.717) is 16.2 Å². The van der Waals surface area contributed by atoms with Gasteiger partial charge in [0.2, 0.25) is 0 Å². The molecule has 2 rings (SSSR count). The first-order chi connectivity index (χ1) is 9.79. The van der Waals surface area contributed by atoms with E-state index in [1.165, 1.54) is 11.1 Å². The van der Waals surface area contributed by atoms with E-state index in [9.17, 15) is 4.79 Å². The van der Waals surface area contributed by atoms with Crippen LogP contribution in [-0.4, -0.2) is 12.5 Å². The molecule has 1 aliphatic rings. The molecule has 1 heterocycles. The number of rotatable bonds is 3. The van der Waals surface area contributed by atoms with Crippen LogP contribution in [0.5, 0.6) is 0 Å². The van der Waals surface area contributed by atoms with E-state index >= 15 is 0 Å². The molecule has 3 heteroatoms. The second kappa shape index (κ2) is 6.51. The van der Waals surface area contributed by atoms with Crippen LogP contribution in [0.3, 0.4) is 0 Å². The molecule has 0 saturated heterocycles. The van der Waals surface area contributed by atoms with Gasteiger partial charge in [-0.25, -0.2) is 0 Å². The Morgan fingerprint density at radius 3 is 2.71 bits per heavy atom. The van der Waals surface area contributed by atoms with Crippen LogP contribution in [0.2, 0.25) is 0 Å². The molecule has 1 amide bonds. The number of nitrogens with one attached hydrogen (secondary N) is 1. The lowest BCUT2D eigenvalue weighted by atomic mass is 9.79. The monoisotopic (exact) mass is 351 g/mol. The normalized spacial score (nSPS) is 18.4. The summed E-state index contributed by atoms with van der Waals surface area (Å²) in [5, 5.41) is 2.98. The van der Waals surface area contributed by atoms with Gasteiger partial charge in [-0.3, -0.25) is 4.79 Å². The third kappa shape index (κ3) is 4.09. The Kier molecular flexibility index (Phi) is 5.13. The second-order valence-electron chi connectivity index (χ2n) is 7.25. The summed E-state index contributed by atoms with van der Waals surface area (Å²) in [6, 6.07) is 6.38. The van der Waals surface area contributed by atoms with Crippen molar-refractivity contribution in [2.75, 3.05) is 6.54 Å².